The molecule has 0 spiro atoms. The summed E-state index contributed by atoms with van der Waals surface area (Å²) in [4.78, 5) is 18.2. The van der Waals surface area contributed by atoms with E-state index in [2.05, 4.69) is 14.8 Å². The molecule has 0 radical (unpaired) electrons. The number of imidazole rings is 1. The molecule has 0 bridgehead atoms. The lowest BCUT2D eigenvalue weighted by molar-refractivity contribution is 0.188. The molecule has 3 N–H and O–H groups in total. The fraction of sp³-hybridized carbons (Fsp3) is 0.500. The number of para-hydroxylation sites is 1. The van der Waals surface area contributed by atoms with Gasteiger partial charge in [0.15, 0.2) is 5.75 Å². The molecule has 130 valence electrons. The summed E-state index contributed by atoms with van der Waals surface area (Å²) >= 11 is 0. The summed E-state index contributed by atoms with van der Waals surface area (Å²) in [7, 11) is 1.68. The molecule has 24 heavy (non-hydrogen) atoms. The van der Waals surface area contributed by atoms with Crippen molar-refractivity contribution in [3.63, 3.8) is 0 Å². The fourth-order valence-corrected chi connectivity index (χ4v) is 2.99. The highest BCUT2D eigenvalue weighted by Gasteiger charge is 2.20. The van der Waals surface area contributed by atoms with Crippen LogP contribution in [0.1, 0.15) is 6.42 Å². The average molecular weight is 333 g/mol. The minimum Gasteiger partial charge on any atom is -0.408 e. The standard InChI is InChI=1S/C16H23N5O3/c1-23-11-10-21-12-4-2-5-13(24-15(17)22)14(12)19-16(21)20-8-3-6-18-7-9-20/h2,4-5,18H,3,6-11H2,1H3,(H2,17,22). The van der Waals surface area contributed by atoms with Gasteiger partial charge in [-0.05, 0) is 25.1 Å². The number of amides is 1. The Kier molecular flexibility index (Phi) is 5.17. The zero-order valence-electron chi connectivity index (χ0n) is 13.8. The SMILES string of the molecule is COCCn1c(N2CCCNCC2)nc2c(OC(N)=O)cccc21. The third kappa shape index (κ3) is 3.44. The largest absolute Gasteiger partial charge is 0.410 e. The Morgan fingerprint density at radius 3 is 3.04 bits per heavy atom. The molecule has 2 heterocycles. The number of carbonyl (C=O) groups excluding carboxylic acids is 1. The lowest BCUT2D eigenvalue weighted by Crippen LogP contribution is -2.30. The van der Waals surface area contributed by atoms with Crippen molar-refractivity contribution in [3.8, 4) is 5.75 Å². The fourth-order valence-electron chi connectivity index (χ4n) is 2.99. The molecular formula is C16H23N5O3. The highest BCUT2D eigenvalue weighted by Crippen LogP contribution is 2.30. The molecule has 8 nitrogen and oxygen atoms in total. The molecular weight excluding hydrogens is 310 g/mol. The number of ether oxygens (including phenoxy) is 2. The Balaban J connectivity index is 2.06. The number of benzene rings is 1. The van der Waals surface area contributed by atoms with Crippen molar-refractivity contribution in [2.75, 3.05) is 44.8 Å². The number of carbonyl (C=O) groups is 1. The summed E-state index contributed by atoms with van der Waals surface area (Å²) in [6.07, 6.45) is 0.215. The first-order valence-electron chi connectivity index (χ1n) is 8.12. The van der Waals surface area contributed by atoms with E-state index in [0.29, 0.717) is 24.4 Å². The number of fused-ring (bicyclic) bond motifs is 1. The van der Waals surface area contributed by atoms with Gasteiger partial charge in [0.25, 0.3) is 0 Å². The highest BCUT2D eigenvalue weighted by atomic mass is 16.5. The second-order valence-electron chi connectivity index (χ2n) is 5.69. The first kappa shape index (κ1) is 16.5. The van der Waals surface area contributed by atoms with Crippen LogP contribution in [0.25, 0.3) is 11.0 Å². The maximum absolute atomic E-state index is 11.2. The van der Waals surface area contributed by atoms with Crippen LogP contribution in [0.15, 0.2) is 18.2 Å². The van der Waals surface area contributed by atoms with E-state index >= 15 is 0 Å². The molecule has 2 aromatic rings. The van der Waals surface area contributed by atoms with Gasteiger partial charge in [0.2, 0.25) is 5.95 Å². The van der Waals surface area contributed by atoms with Gasteiger partial charge < -0.3 is 30.0 Å². The van der Waals surface area contributed by atoms with Gasteiger partial charge in [-0.2, -0.15) is 0 Å². The quantitative estimate of drug-likeness (QED) is 0.846. The van der Waals surface area contributed by atoms with Crippen LogP contribution >= 0.6 is 0 Å². The van der Waals surface area contributed by atoms with Crippen molar-refractivity contribution < 1.29 is 14.3 Å². The maximum atomic E-state index is 11.2. The number of methoxy groups -OCH3 is 1. The normalized spacial score (nSPS) is 15.5. The van der Waals surface area contributed by atoms with Crippen molar-refractivity contribution in [1.82, 2.24) is 14.9 Å². The van der Waals surface area contributed by atoms with Gasteiger partial charge in [-0.3, -0.25) is 0 Å². The highest BCUT2D eigenvalue weighted by molar-refractivity contribution is 5.87. The van der Waals surface area contributed by atoms with E-state index in [-0.39, 0.29) is 0 Å². The molecule has 1 aromatic carbocycles. The van der Waals surface area contributed by atoms with Crippen LogP contribution in [0.2, 0.25) is 0 Å². The van der Waals surface area contributed by atoms with Crippen molar-refractivity contribution in [3.05, 3.63) is 18.2 Å². The first-order chi connectivity index (χ1) is 11.7. The lowest BCUT2D eigenvalue weighted by atomic mass is 10.3. The molecule has 1 aliphatic rings. The number of hydrogen-bond donors (Lipinski definition) is 2. The van der Waals surface area contributed by atoms with Crippen molar-refractivity contribution in [1.29, 1.82) is 0 Å². The van der Waals surface area contributed by atoms with E-state index in [1.165, 1.54) is 0 Å². The summed E-state index contributed by atoms with van der Waals surface area (Å²) in [5, 5.41) is 3.39. The lowest BCUT2D eigenvalue weighted by Gasteiger charge is -2.22. The molecule has 0 atom stereocenters. The molecule has 0 aliphatic carbocycles. The monoisotopic (exact) mass is 333 g/mol. The predicted octanol–water partition coefficient (Wildman–Crippen LogP) is 0.940. The van der Waals surface area contributed by atoms with Crippen LogP contribution in [0.4, 0.5) is 10.7 Å². The van der Waals surface area contributed by atoms with Crippen LogP contribution in [0.3, 0.4) is 0 Å². The second-order valence-corrected chi connectivity index (χ2v) is 5.69. The van der Waals surface area contributed by atoms with E-state index in [1.807, 2.05) is 12.1 Å². The van der Waals surface area contributed by atoms with Crippen LogP contribution in [-0.4, -0.2) is 55.5 Å². The minimum absolute atomic E-state index is 0.380. The van der Waals surface area contributed by atoms with Crippen LogP contribution in [-0.2, 0) is 11.3 Å². The smallest absolute Gasteiger partial charge is 0.408 e. The van der Waals surface area contributed by atoms with E-state index in [4.69, 9.17) is 20.2 Å². The van der Waals surface area contributed by atoms with Crippen LogP contribution in [0, 0.1) is 0 Å². The Hall–Kier alpha value is -2.32. The number of nitrogens with zero attached hydrogens (tertiary/aromatic N) is 3. The Bertz CT molecular complexity index is 707. The number of primary amides is 1. The number of anilines is 1. The van der Waals surface area contributed by atoms with Gasteiger partial charge >= 0.3 is 6.09 Å². The number of aromatic nitrogens is 2. The van der Waals surface area contributed by atoms with Gasteiger partial charge in [0.1, 0.15) is 5.52 Å². The Morgan fingerprint density at radius 1 is 1.38 bits per heavy atom. The third-order valence-corrected chi connectivity index (χ3v) is 4.07. The van der Waals surface area contributed by atoms with E-state index < -0.39 is 6.09 Å². The van der Waals surface area contributed by atoms with Crippen LogP contribution < -0.4 is 20.7 Å². The molecule has 1 aromatic heterocycles. The second kappa shape index (κ2) is 7.50. The Labute approximate surface area is 140 Å². The number of nitrogens with one attached hydrogen (secondary N) is 1. The molecule has 1 amide bonds. The predicted molar refractivity (Wildman–Crippen MR) is 91.5 cm³/mol. The molecule has 0 unspecified atom stereocenters. The molecule has 1 fully saturated rings. The molecule has 0 saturated carbocycles. The Morgan fingerprint density at radius 2 is 2.25 bits per heavy atom. The zero-order chi connectivity index (χ0) is 16.9. The summed E-state index contributed by atoms with van der Waals surface area (Å²) in [6, 6.07) is 5.50. The molecule has 8 heteroatoms. The van der Waals surface area contributed by atoms with Crippen molar-refractivity contribution in [2.45, 2.75) is 13.0 Å². The van der Waals surface area contributed by atoms with E-state index in [0.717, 1.165) is 44.1 Å². The number of nitrogens with two attached hydrogens (primary N) is 1. The van der Waals surface area contributed by atoms with Gasteiger partial charge in [0, 0.05) is 33.3 Å². The van der Waals surface area contributed by atoms with Crippen molar-refractivity contribution >= 4 is 23.1 Å². The van der Waals surface area contributed by atoms with Crippen molar-refractivity contribution in [2.24, 2.45) is 5.73 Å². The average Bonchev–Trinajstić information content (AvgIpc) is 2.74. The van der Waals surface area contributed by atoms with E-state index in [1.54, 1.807) is 13.2 Å². The summed E-state index contributed by atoms with van der Waals surface area (Å²) in [5.41, 5.74) is 6.71. The minimum atomic E-state index is -0.838. The van der Waals surface area contributed by atoms with Gasteiger partial charge in [0.05, 0.1) is 12.1 Å². The number of rotatable bonds is 5. The first-order valence-corrected chi connectivity index (χ1v) is 8.12. The summed E-state index contributed by atoms with van der Waals surface area (Å²) in [6.45, 7) is 4.97. The zero-order valence-corrected chi connectivity index (χ0v) is 13.8. The van der Waals surface area contributed by atoms with Crippen LogP contribution in [0.5, 0.6) is 5.75 Å². The molecule has 1 aliphatic heterocycles. The van der Waals surface area contributed by atoms with Gasteiger partial charge in [-0.25, -0.2) is 9.78 Å². The maximum Gasteiger partial charge on any atom is 0.410 e. The van der Waals surface area contributed by atoms with Gasteiger partial charge in [-0.15, -0.1) is 0 Å². The van der Waals surface area contributed by atoms with E-state index in [9.17, 15) is 4.79 Å². The third-order valence-electron chi connectivity index (χ3n) is 4.07. The summed E-state index contributed by atoms with van der Waals surface area (Å²) in [5.74, 6) is 1.25. The van der Waals surface area contributed by atoms with Gasteiger partial charge in [-0.1, -0.05) is 6.07 Å². The summed E-state index contributed by atoms with van der Waals surface area (Å²) < 4.78 is 12.5. The number of hydrogen-bond acceptors (Lipinski definition) is 6. The topological polar surface area (TPSA) is 94.6 Å². The molecule has 3 rings (SSSR count). The molecule has 1 saturated heterocycles.